The minimum absolute atomic E-state index is 0.378. The van der Waals surface area contributed by atoms with E-state index in [9.17, 15) is 0 Å². The number of fused-ring (bicyclic) bond motifs is 1. The van der Waals surface area contributed by atoms with Crippen molar-refractivity contribution < 1.29 is 4.74 Å². The Morgan fingerprint density at radius 2 is 2.12 bits per heavy atom. The van der Waals surface area contributed by atoms with Gasteiger partial charge in [-0.3, -0.25) is 20.4 Å². The fraction of sp³-hybridized carbons (Fsp3) is 0.391. The minimum Gasteiger partial charge on any atom is -0.476 e. The highest BCUT2D eigenvalue weighted by Crippen LogP contribution is 2.34. The first-order valence-electron chi connectivity index (χ1n) is 10.6. The van der Waals surface area contributed by atoms with Crippen LogP contribution in [0.5, 0.6) is 5.88 Å². The lowest BCUT2D eigenvalue weighted by Crippen LogP contribution is -2.30. The molecule has 33 heavy (non-hydrogen) atoms. The number of aromatic nitrogens is 5. The molecule has 3 heterocycles. The molecule has 3 aromatic heterocycles. The highest BCUT2D eigenvalue weighted by molar-refractivity contribution is 9.18. The lowest BCUT2D eigenvalue weighted by atomic mass is 10.1. The summed E-state index contributed by atoms with van der Waals surface area (Å²) in [6.45, 7) is 11.6. The van der Waals surface area contributed by atoms with Gasteiger partial charge in [-0.15, -0.1) is 0 Å². The highest BCUT2D eigenvalue weighted by atomic mass is 79.9. The van der Waals surface area contributed by atoms with Crippen LogP contribution in [0.2, 0.25) is 0 Å². The third-order valence-electron chi connectivity index (χ3n) is 5.60. The van der Waals surface area contributed by atoms with Crippen molar-refractivity contribution in [1.82, 2.24) is 35.2 Å². The second-order valence-corrected chi connectivity index (χ2v) is 8.77. The first-order chi connectivity index (χ1) is 15.7. The number of H-pyrrole nitrogens is 1. The lowest BCUT2D eigenvalue weighted by Gasteiger charge is -2.20. The van der Waals surface area contributed by atoms with Crippen LogP contribution >= 0.6 is 15.9 Å². The molecule has 3 N–H and O–H groups in total. The van der Waals surface area contributed by atoms with Crippen molar-refractivity contribution in [1.29, 1.82) is 5.41 Å². The van der Waals surface area contributed by atoms with Crippen LogP contribution in [0.4, 0.5) is 0 Å². The van der Waals surface area contributed by atoms with Gasteiger partial charge in [-0.05, 0) is 55.9 Å². The summed E-state index contributed by atoms with van der Waals surface area (Å²) in [6.07, 6.45) is 1.76. The summed E-state index contributed by atoms with van der Waals surface area (Å²) < 4.78 is 8.35. The number of halogens is 1. The number of hydrogen-bond acceptors (Lipinski definition) is 7. The molecular weight excluding hydrogens is 484 g/mol. The number of likely N-dealkylation sites (N-methyl/N-ethyl adjacent to an activating group) is 2. The molecule has 0 saturated heterocycles. The van der Waals surface area contributed by atoms with E-state index in [4.69, 9.17) is 15.1 Å². The van der Waals surface area contributed by atoms with E-state index in [0.717, 1.165) is 50.5 Å². The van der Waals surface area contributed by atoms with Gasteiger partial charge in [-0.2, -0.15) is 10.2 Å². The maximum absolute atomic E-state index is 7.79. The summed E-state index contributed by atoms with van der Waals surface area (Å²) in [6, 6.07) is 2.01. The number of hydrogen-bond donors (Lipinski definition) is 3. The van der Waals surface area contributed by atoms with Crippen molar-refractivity contribution in [3.05, 3.63) is 41.0 Å². The van der Waals surface area contributed by atoms with Crippen LogP contribution < -0.4 is 10.1 Å². The summed E-state index contributed by atoms with van der Waals surface area (Å²) in [7, 11) is 5.77. The predicted molar refractivity (Wildman–Crippen MR) is 137 cm³/mol. The van der Waals surface area contributed by atoms with E-state index in [1.54, 1.807) is 10.8 Å². The fourth-order valence-corrected chi connectivity index (χ4v) is 3.97. The molecule has 0 aliphatic carbocycles. The molecule has 0 aliphatic rings. The first-order valence-corrected chi connectivity index (χ1v) is 11.4. The summed E-state index contributed by atoms with van der Waals surface area (Å²) in [5.41, 5.74) is 6.92. The number of aryl methyl sites for hydroxylation is 3. The zero-order valence-electron chi connectivity index (χ0n) is 20.0. The molecule has 0 fully saturated rings. The predicted octanol–water partition coefficient (Wildman–Crippen LogP) is 3.79. The Bertz CT molecular complexity index is 1220. The van der Waals surface area contributed by atoms with Crippen LogP contribution in [-0.2, 0) is 7.05 Å². The van der Waals surface area contributed by atoms with E-state index in [0.29, 0.717) is 30.2 Å². The zero-order chi connectivity index (χ0) is 24.3. The van der Waals surface area contributed by atoms with Crippen molar-refractivity contribution in [2.75, 3.05) is 33.8 Å². The Morgan fingerprint density at radius 3 is 2.76 bits per heavy atom. The SMILES string of the molecule is C=Cc1[nH]nc2c(C)nc(-c3c(C)nn(C)c3OCCN(C)C/C(NC)=C(\C)C(=N)Br)cc12. The van der Waals surface area contributed by atoms with Crippen molar-refractivity contribution in [2.24, 2.45) is 7.05 Å². The van der Waals surface area contributed by atoms with Crippen molar-refractivity contribution in [2.45, 2.75) is 20.8 Å². The molecule has 0 radical (unpaired) electrons. The number of nitrogens with one attached hydrogen (secondary N) is 3. The third kappa shape index (κ3) is 5.17. The molecule has 0 saturated carbocycles. The number of pyridine rings is 1. The lowest BCUT2D eigenvalue weighted by molar-refractivity contribution is 0.232. The van der Waals surface area contributed by atoms with E-state index in [-0.39, 0.29) is 0 Å². The van der Waals surface area contributed by atoms with Gasteiger partial charge in [0.05, 0.1) is 28.3 Å². The first kappa shape index (κ1) is 24.7. The van der Waals surface area contributed by atoms with Gasteiger partial charge >= 0.3 is 0 Å². The second-order valence-electron chi connectivity index (χ2n) is 7.97. The van der Waals surface area contributed by atoms with E-state index in [1.807, 2.05) is 48.0 Å². The van der Waals surface area contributed by atoms with Gasteiger partial charge < -0.3 is 10.1 Å². The van der Waals surface area contributed by atoms with Gasteiger partial charge in [0.1, 0.15) is 16.7 Å². The summed E-state index contributed by atoms with van der Waals surface area (Å²) in [5, 5.41) is 23.9. The molecule has 0 spiro atoms. The van der Waals surface area contributed by atoms with Crippen molar-refractivity contribution in [3.63, 3.8) is 0 Å². The van der Waals surface area contributed by atoms with Gasteiger partial charge in [0, 0.05) is 43.8 Å². The zero-order valence-corrected chi connectivity index (χ0v) is 21.6. The standard InChI is InChI=1S/C23H31BrN8O/c1-8-17-16-11-18(27-15(4)21(16)29-28-17)20-14(3)30-32(7)23(20)33-10-9-31(6)12-19(26-5)13(2)22(24)25/h8,11,25-26H,1,9-10,12H2,2-7H3,(H,28,29)/b19-13-,25-22?. The Labute approximate surface area is 202 Å². The third-order valence-corrected chi connectivity index (χ3v) is 6.19. The topological polar surface area (TPSA) is 108 Å². The minimum atomic E-state index is 0.378. The number of allylic oxidation sites excluding steroid dienone is 1. The largest absolute Gasteiger partial charge is 0.476 e. The summed E-state index contributed by atoms with van der Waals surface area (Å²) in [5.74, 6) is 0.679. The molecule has 0 aliphatic heterocycles. The van der Waals surface area contributed by atoms with E-state index in [2.05, 4.69) is 48.0 Å². The molecule has 0 bridgehead atoms. The molecule has 0 amide bonds. The van der Waals surface area contributed by atoms with Crippen molar-refractivity contribution >= 4 is 37.5 Å². The van der Waals surface area contributed by atoms with Crippen LogP contribution in [0, 0.1) is 19.3 Å². The molecule has 10 heteroatoms. The van der Waals surface area contributed by atoms with E-state index < -0.39 is 0 Å². The average molecular weight is 515 g/mol. The molecular formula is C23H31BrN8O. The Morgan fingerprint density at radius 1 is 1.39 bits per heavy atom. The monoisotopic (exact) mass is 514 g/mol. The van der Waals surface area contributed by atoms with Gasteiger partial charge in [0.25, 0.3) is 0 Å². The van der Waals surface area contributed by atoms with Gasteiger partial charge in [0.15, 0.2) is 0 Å². The molecule has 0 atom stereocenters. The van der Waals surface area contributed by atoms with Gasteiger partial charge in [-0.1, -0.05) is 6.58 Å². The second kappa shape index (κ2) is 10.3. The van der Waals surface area contributed by atoms with Crippen LogP contribution in [0.3, 0.4) is 0 Å². The number of nitrogens with zero attached hydrogens (tertiary/aromatic N) is 5. The molecule has 176 valence electrons. The van der Waals surface area contributed by atoms with Crippen LogP contribution in [0.25, 0.3) is 28.2 Å². The van der Waals surface area contributed by atoms with E-state index in [1.165, 1.54) is 0 Å². The molecule has 3 rings (SSSR count). The number of aromatic amines is 1. The Hall–Kier alpha value is -2.98. The Kier molecular flexibility index (Phi) is 7.70. The smallest absolute Gasteiger partial charge is 0.221 e. The van der Waals surface area contributed by atoms with Crippen LogP contribution in [0.1, 0.15) is 24.0 Å². The molecule has 9 nitrogen and oxygen atoms in total. The maximum Gasteiger partial charge on any atom is 0.221 e. The average Bonchev–Trinajstić information content (AvgIpc) is 3.31. The number of rotatable bonds is 10. The molecule has 0 aromatic carbocycles. The number of ether oxygens (including phenoxy) is 1. The van der Waals surface area contributed by atoms with Gasteiger partial charge in [-0.25, -0.2) is 4.68 Å². The molecule has 3 aromatic rings. The summed E-state index contributed by atoms with van der Waals surface area (Å²) in [4.78, 5) is 6.93. The Balaban J connectivity index is 1.82. The fourth-order valence-electron chi connectivity index (χ4n) is 3.73. The quantitative estimate of drug-likeness (QED) is 0.355. The van der Waals surface area contributed by atoms with Gasteiger partial charge in [0.2, 0.25) is 5.88 Å². The van der Waals surface area contributed by atoms with Crippen LogP contribution in [0.15, 0.2) is 23.9 Å². The maximum atomic E-state index is 7.79. The van der Waals surface area contributed by atoms with Crippen molar-refractivity contribution in [3.8, 4) is 17.1 Å². The van der Waals surface area contributed by atoms with Crippen LogP contribution in [-0.4, -0.2) is 68.3 Å². The summed E-state index contributed by atoms with van der Waals surface area (Å²) >= 11 is 3.24. The van der Waals surface area contributed by atoms with E-state index >= 15 is 0 Å². The highest BCUT2D eigenvalue weighted by Gasteiger charge is 2.20. The molecule has 0 unspecified atom stereocenters. The normalized spacial score (nSPS) is 12.2.